The summed E-state index contributed by atoms with van der Waals surface area (Å²) in [6.07, 6.45) is 3.73. The Kier molecular flexibility index (Phi) is 4.79. The molecule has 0 aliphatic carbocycles. The molecule has 0 saturated carbocycles. The molecule has 0 N–H and O–H groups in total. The Morgan fingerprint density at radius 3 is 1.85 bits per heavy atom. The number of nitrogens with zero attached hydrogens (tertiary/aromatic N) is 4. The maximum Gasteiger partial charge on any atom is 0.235 e. The Morgan fingerprint density at radius 1 is 0.462 bits per heavy atom. The van der Waals surface area contributed by atoms with E-state index >= 15 is 0 Å². The van der Waals surface area contributed by atoms with Crippen LogP contribution in [0.3, 0.4) is 0 Å². The molecule has 8 rings (SSSR count). The number of hydrogen-bond donors (Lipinski definition) is 0. The highest BCUT2D eigenvalue weighted by Gasteiger charge is 2.18. The van der Waals surface area contributed by atoms with Crippen LogP contribution in [0.4, 0.5) is 0 Å². The van der Waals surface area contributed by atoms with Gasteiger partial charge < -0.3 is 0 Å². The second-order valence-corrected chi connectivity index (χ2v) is 9.74. The van der Waals surface area contributed by atoms with Crippen LogP contribution in [-0.4, -0.2) is 19.5 Å². The SMILES string of the molecule is c1ccc(-c2ccc(-c3nc(-n4c5ccccc5c5ccccc54)nc4c3ccc3ccncc34)cc2)cc1. The zero-order valence-corrected chi connectivity index (χ0v) is 21.0. The first kappa shape index (κ1) is 21.7. The Bertz CT molecular complexity index is 2110. The van der Waals surface area contributed by atoms with E-state index in [-0.39, 0.29) is 0 Å². The van der Waals surface area contributed by atoms with Crippen LogP contribution >= 0.6 is 0 Å². The van der Waals surface area contributed by atoms with Crippen molar-refractivity contribution in [3.8, 4) is 28.3 Å². The highest BCUT2D eigenvalue weighted by molar-refractivity contribution is 6.11. The molecular weight excluding hydrogens is 476 g/mol. The summed E-state index contributed by atoms with van der Waals surface area (Å²) in [6.45, 7) is 0. The third-order valence-corrected chi connectivity index (χ3v) is 7.52. The van der Waals surface area contributed by atoms with Gasteiger partial charge >= 0.3 is 0 Å². The molecule has 8 aromatic rings. The van der Waals surface area contributed by atoms with E-state index in [9.17, 15) is 0 Å². The molecule has 39 heavy (non-hydrogen) atoms. The summed E-state index contributed by atoms with van der Waals surface area (Å²) in [5.74, 6) is 0.651. The van der Waals surface area contributed by atoms with Gasteiger partial charge in [-0.3, -0.25) is 9.55 Å². The van der Waals surface area contributed by atoms with Crippen LogP contribution in [0.15, 0.2) is 134 Å². The van der Waals surface area contributed by atoms with Gasteiger partial charge in [-0.05, 0) is 40.8 Å². The van der Waals surface area contributed by atoms with Gasteiger partial charge in [0.25, 0.3) is 0 Å². The summed E-state index contributed by atoms with van der Waals surface area (Å²) in [5, 5.41) is 5.50. The van der Waals surface area contributed by atoms with Crippen molar-refractivity contribution in [3.05, 3.63) is 134 Å². The molecule has 4 nitrogen and oxygen atoms in total. The summed E-state index contributed by atoms with van der Waals surface area (Å²) in [6, 6.07) is 42.3. The van der Waals surface area contributed by atoms with Gasteiger partial charge in [0.05, 0.1) is 22.2 Å². The normalized spacial score (nSPS) is 11.6. The van der Waals surface area contributed by atoms with Gasteiger partial charge in [-0.1, -0.05) is 97.1 Å². The molecule has 0 unspecified atom stereocenters. The van der Waals surface area contributed by atoms with E-state index in [4.69, 9.17) is 9.97 Å². The van der Waals surface area contributed by atoms with E-state index in [0.29, 0.717) is 5.95 Å². The van der Waals surface area contributed by atoms with E-state index in [2.05, 4.69) is 119 Å². The van der Waals surface area contributed by atoms with Crippen molar-refractivity contribution >= 4 is 43.5 Å². The number of hydrogen-bond acceptors (Lipinski definition) is 3. The van der Waals surface area contributed by atoms with Crippen molar-refractivity contribution in [2.24, 2.45) is 0 Å². The summed E-state index contributed by atoms with van der Waals surface area (Å²) in [4.78, 5) is 14.9. The fourth-order valence-corrected chi connectivity index (χ4v) is 5.65. The molecule has 0 amide bonds. The monoisotopic (exact) mass is 498 g/mol. The number of para-hydroxylation sites is 2. The van der Waals surface area contributed by atoms with Crippen molar-refractivity contribution in [1.82, 2.24) is 19.5 Å². The van der Waals surface area contributed by atoms with Gasteiger partial charge in [-0.2, -0.15) is 0 Å². The lowest BCUT2D eigenvalue weighted by atomic mass is 10.00. The Balaban J connectivity index is 1.44. The predicted molar refractivity (Wildman–Crippen MR) is 160 cm³/mol. The minimum atomic E-state index is 0.651. The first-order chi connectivity index (χ1) is 19.3. The molecule has 0 aliphatic rings. The first-order valence-electron chi connectivity index (χ1n) is 13.0. The maximum atomic E-state index is 5.25. The number of pyridine rings is 1. The second-order valence-electron chi connectivity index (χ2n) is 9.74. The van der Waals surface area contributed by atoms with E-state index in [0.717, 1.165) is 44.0 Å². The number of aromatic nitrogens is 4. The Hall–Kier alpha value is -5.35. The molecule has 0 fully saturated rings. The van der Waals surface area contributed by atoms with Crippen LogP contribution in [0, 0.1) is 0 Å². The van der Waals surface area contributed by atoms with Crippen LogP contribution < -0.4 is 0 Å². The van der Waals surface area contributed by atoms with Crippen molar-refractivity contribution in [2.45, 2.75) is 0 Å². The molecule has 0 spiro atoms. The molecule has 0 radical (unpaired) electrons. The first-order valence-corrected chi connectivity index (χ1v) is 13.0. The lowest BCUT2D eigenvalue weighted by molar-refractivity contribution is 1.01. The minimum absolute atomic E-state index is 0.651. The fraction of sp³-hybridized carbons (Fsp3) is 0. The van der Waals surface area contributed by atoms with Gasteiger partial charge in [0, 0.05) is 39.5 Å². The topological polar surface area (TPSA) is 43.6 Å². The minimum Gasteiger partial charge on any atom is -0.278 e. The summed E-state index contributed by atoms with van der Waals surface area (Å²) in [7, 11) is 0. The van der Waals surface area contributed by atoms with Gasteiger partial charge in [0.15, 0.2) is 0 Å². The predicted octanol–water partition coefficient (Wildman–Crippen LogP) is 8.61. The zero-order chi connectivity index (χ0) is 25.8. The van der Waals surface area contributed by atoms with Crippen LogP contribution in [0.2, 0.25) is 0 Å². The maximum absolute atomic E-state index is 5.25. The molecule has 3 aromatic heterocycles. The van der Waals surface area contributed by atoms with Crippen LogP contribution in [0.5, 0.6) is 0 Å². The Labute approximate surface area is 224 Å². The lowest BCUT2D eigenvalue weighted by Crippen LogP contribution is -2.03. The summed E-state index contributed by atoms with van der Waals surface area (Å²) < 4.78 is 2.18. The second kappa shape index (κ2) is 8.61. The van der Waals surface area contributed by atoms with Crippen LogP contribution in [0.25, 0.3) is 71.8 Å². The lowest BCUT2D eigenvalue weighted by Gasteiger charge is -2.13. The van der Waals surface area contributed by atoms with E-state index in [1.807, 2.05) is 24.5 Å². The van der Waals surface area contributed by atoms with Crippen LogP contribution in [0.1, 0.15) is 0 Å². The molecule has 5 aromatic carbocycles. The highest BCUT2D eigenvalue weighted by atomic mass is 15.2. The largest absolute Gasteiger partial charge is 0.278 e. The van der Waals surface area contributed by atoms with E-state index in [1.165, 1.54) is 21.9 Å². The van der Waals surface area contributed by atoms with Crippen molar-refractivity contribution in [3.63, 3.8) is 0 Å². The van der Waals surface area contributed by atoms with Gasteiger partial charge in [-0.25, -0.2) is 9.97 Å². The molecular formula is C35H22N4. The van der Waals surface area contributed by atoms with Crippen LogP contribution in [-0.2, 0) is 0 Å². The molecule has 0 bridgehead atoms. The summed E-state index contributed by atoms with van der Waals surface area (Å²) >= 11 is 0. The summed E-state index contributed by atoms with van der Waals surface area (Å²) in [5.41, 5.74) is 7.39. The van der Waals surface area contributed by atoms with Crippen molar-refractivity contribution in [2.75, 3.05) is 0 Å². The van der Waals surface area contributed by atoms with Gasteiger partial charge in [-0.15, -0.1) is 0 Å². The smallest absolute Gasteiger partial charge is 0.235 e. The quantitative estimate of drug-likeness (QED) is 0.229. The molecule has 0 saturated heterocycles. The average Bonchev–Trinajstić information content (AvgIpc) is 3.35. The molecule has 4 heteroatoms. The van der Waals surface area contributed by atoms with Gasteiger partial charge in [0.1, 0.15) is 0 Å². The number of fused-ring (bicyclic) bond motifs is 6. The van der Waals surface area contributed by atoms with Gasteiger partial charge in [0.2, 0.25) is 5.95 Å². The van der Waals surface area contributed by atoms with Crippen molar-refractivity contribution in [1.29, 1.82) is 0 Å². The van der Waals surface area contributed by atoms with E-state index < -0.39 is 0 Å². The number of benzene rings is 5. The molecule has 3 heterocycles. The molecule has 182 valence electrons. The molecule has 0 aliphatic heterocycles. The standard InChI is InChI=1S/C35H22N4/c1-2-8-23(9-3-1)24-14-16-26(17-15-24)33-29-19-18-25-20-21-36-22-30(25)34(29)38-35(37-33)39-31-12-6-4-10-27(31)28-11-5-7-13-32(28)39/h1-22H. The van der Waals surface area contributed by atoms with E-state index in [1.54, 1.807) is 0 Å². The average molecular weight is 499 g/mol. The highest BCUT2D eigenvalue weighted by Crippen LogP contribution is 2.35. The molecule has 0 atom stereocenters. The third-order valence-electron chi connectivity index (χ3n) is 7.52. The fourth-order valence-electron chi connectivity index (χ4n) is 5.65. The zero-order valence-electron chi connectivity index (χ0n) is 21.0. The van der Waals surface area contributed by atoms with Crippen molar-refractivity contribution < 1.29 is 0 Å². The third kappa shape index (κ3) is 3.42. The number of rotatable bonds is 3. The Morgan fingerprint density at radius 2 is 1.10 bits per heavy atom.